The maximum Gasteiger partial charge on any atom is 0.178 e. The van der Waals surface area contributed by atoms with Crippen LogP contribution in [0.25, 0.3) is 0 Å². The van der Waals surface area contributed by atoms with Crippen LogP contribution in [-0.2, 0) is 7.05 Å². The third-order valence-corrected chi connectivity index (χ3v) is 3.71. The number of carbonyl (C=O) groups excluding carboxylic acids is 1. The summed E-state index contributed by atoms with van der Waals surface area (Å²) in [5.41, 5.74) is 0.783. The summed E-state index contributed by atoms with van der Waals surface area (Å²) in [6.07, 6.45) is 8.01. The van der Waals surface area contributed by atoms with E-state index in [9.17, 15) is 4.79 Å². The van der Waals surface area contributed by atoms with Gasteiger partial charge in [-0.2, -0.15) is 0 Å². The Bertz CT molecular complexity index is 398. The van der Waals surface area contributed by atoms with E-state index in [0.717, 1.165) is 31.4 Å². The summed E-state index contributed by atoms with van der Waals surface area (Å²) in [5, 5.41) is 9.08. The average Bonchev–Trinajstić information content (AvgIpc) is 2.79. The van der Waals surface area contributed by atoms with Crippen LogP contribution in [0.15, 0.2) is 18.5 Å². The van der Waals surface area contributed by atoms with Gasteiger partial charge in [0.05, 0.1) is 6.54 Å². The molecular weight excluding hydrogens is 228 g/mol. The lowest BCUT2D eigenvalue weighted by Crippen LogP contribution is -2.43. The van der Waals surface area contributed by atoms with Gasteiger partial charge in [0.15, 0.2) is 5.78 Å². The molecule has 0 spiro atoms. The average molecular weight is 250 g/mol. The molecule has 0 amide bonds. The number of likely N-dealkylation sites (tertiary alicyclic amines) is 1. The van der Waals surface area contributed by atoms with Crippen molar-refractivity contribution in [1.29, 1.82) is 0 Å². The highest BCUT2D eigenvalue weighted by Gasteiger charge is 2.24. The van der Waals surface area contributed by atoms with Gasteiger partial charge in [-0.15, -0.1) is 0 Å². The molecule has 1 N–H and O–H groups in total. The van der Waals surface area contributed by atoms with Crippen molar-refractivity contribution in [3.63, 3.8) is 0 Å². The zero-order valence-corrected chi connectivity index (χ0v) is 11.0. The summed E-state index contributed by atoms with van der Waals surface area (Å²) < 4.78 is 1.90. The standard InChI is InChI=1S/C14H22N2O2/c1-15-8-5-12(10-15)14(18)11-16-7-3-2-4-13(16)6-9-17/h5,8,10,13,17H,2-4,6-7,9,11H2,1H3. The molecule has 1 saturated heterocycles. The predicted molar refractivity (Wildman–Crippen MR) is 70.7 cm³/mol. The lowest BCUT2D eigenvalue weighted by atomic mass is 9.99. The third-order valence-electron chi connectivity index (χ3n) is 3.71. The maximum absolute atomic E-state index is 12.2. The summed E-state index contributed by atoms with van der Waals surface area (Å²) >= 11 is 0. The number of nitrogens with zero attached hydrogens (tertiary/aromatic N) is 2. The van der Waals surface area contributed by atoms with Gasteiger partial charge in [-0.25, -0.2) is 0 Å². The second kappa shape index (κ2) is 6.16. The molecule has 0 saturated carbocycles. The molecule has 1 aliphatic heterocycles. The van der Waals surface area contributed by atoms with Crippen LogP contribution in [-0.4, -0.2) is 46.1 Å². The molecule has 1 unspecified atom stereocenters. The number of carbonyl (C=O) groups is 1. The topological polar surface area (TPSA) is 45.5 Å². The minimum atomic E-state index is 0.181. The molecule has 0 aliphatic carbocycles. The minimum Gasteiger partial charge on any atom is -0.396 e. The third kappa shape index (κ3) is 3.21. The molecule has 100 valence electrons. The van der Waals surface area contributed by atoms with E-state index in [1.807, 2.05) is 30.1 Å². The Labute approximate surface area is 108 Å². The molecule has 1 fully saturated rings. The number of aliphatic hydroxyl groups excluding tert-OH is 1. The predicted octanol–water partition coefficient (Wildman–Crippen LogP) is 1.44. The van der Waals surface area contributed by atoms with Crippen molar-refractivity contribution in [2.75, 3.05) is 19.7 Å². The van der Waals surface area contributed by atoms with Crippen LogP contribution in [0.5, 0.6) is 0 Å². The smallest absolute Gasteiger partial charge is 0.178 e. The molecule has 4 heteroatoms. The molecule has 2 rings (SSSR count). The van der Waals surface area contributed by atoms with Crippen LogP contribution in [0.4, 0.5) is 0 Å². The molecular formula is C14H22N2O2. The van der Waals surface area contributed by atoms with Crippen molar-refractivity contribution in [3.05, 3.63) is 24.0 Å². The first-order valence-corrected chi connectivity index (χ1v) is 6.71. The van der Waals surface area contributed by atoms with Crippen molar-refractivity contribution >= 4 is 5.78 Å². The number of hydrogen-bond donors (Lipinski definition) is 1. The van der Waals surface area contributed by atoms with Gasteiger partial charge in [-0.05, 0) is 31.9 Å². The number of hydrogen-bond acceptors (Lipinski definition) is 3. The Morgan fingerprint density at radius 3 is 3.00 bits per heavy atom. The molecule has 0 bridgehead atoms. The van der Waals surface area contributed by atoms with E-state index < -0.39 is 0 Å². The fraction of sp³-hybridized carbons (Fsp3) is 0.643. The van der Waals surface area contributed by atoms with Gasteiger partial charge in [0.25, 0.3) is 0 Å². The van der Waals surface area contributed by atoms with E-state index in [2.05, 4.69) is 4.90 Å². The number of piperidine rings is 1. The molecule has 1 atom stereocenters. The van der Waals surface area contributed by atoms with E-state index in [1.54, 1.807) is 0 Å². The van der Waals surface area contributed by atoms with Crippen LogP contribution in [0, 0.1) is 0 Å². The van der Waals surface area contributed by atoms with E-state index in [-0.39, 0.29) is 12.4 Å². The van der Waals surface area contributed by atoms with Crippen molar-refractivity contribution in [1.82, 2.24) is 9.47 Å². The van der Waals surface area contributed by atoms with Gasteiger partial charge < -0.3 is 9.67 Å². The fourth-order valence-electron chi connectivity index (χ4n) is 2.69. The van der Waals surface area contributed by atoms with Crippen LogP contribution >= 0.6 is 0 Å². The van der Waals surface area contributed by atoms with Gasteiger partial charge in [-0.3, -0.25) is 9.69 Å². The molecule has 2 heterocycles. The van der Waals surface area contributed by atoms with Crippen LogP contribution < -0.4 is 0 Å². The lowest BCUT2D eigenvalue weighted by molar-refractivity contribution is 0.0799. The number of ketones is 1. The first-order chi connectivity index (χ1) is 8.70. The van der Waals surface area contributed by atoms with Crippen LogP contribution in [0.1, 0.15) is 36.0 Å². The quantitative estimate of drug-likeness (QED) is 0.804. The van der Waals surface area contributed by atoms with E-state index in [1.165, 1.54) is 6.42 Å². The van der Waals surface area contributed by atoms with Gasteiger partial charge in [0, 0.05) is 37.7 Å². The molecule has 1 aromatic rings. The molecule has 18 heavy (non-hydrogen) atoms. The largest absolute Gasteiger partial charge is 0.396 e. The first-order valence-electron chi connectivity index (χ1n) is 6.71. The lowest BCUT2D eigenvalue weighted by Gasteiger charge is -2.34. The Hall–Kier alpha value is -1.13. The Morgan fingerprint density at radius 1 is 1.50 bits per heavy atom. The number of aromatic nitrogens is 1. The molecule has 0 radical (unpaired) electrons. The first kappa shape index (κ1) is 13.3. The van der Waals surface area contributed by atoms with E-state index in [4.69, 9.17) is 5.11 Å². The Morgan fingerprint density at radius 2 is 2.33 bits per heavy atom. The van der Waals surface area contributed by atoms with Crippen LogP contribution in [0.3, 0.4) is 0 Å². The second-order valence-electron chi connectivity index (χ2n) is 5.12. The summed E-state index contributed by atoms with van der Waals surface area (Å²) in [5.74, 6) is 0.181. The summed E-state index contributed by atoms with van der Waals surface area (Å²) in [4.78, 5) is 14.4. The SMILES string of the molecule is Cn1ccc(C(=O)CN2CCCCC2CCO)c1. The van der Waals surface area contributed by atoms with Gasteiger partial charge >= 0.3 is 0 Å². The number of rotatable bonds is 5. The Kier molecular flexibility index (Phi) is 4.55. The second-order valence-corrected chi connectivity index (χ2v) is 5.12. The monoisotopic (exact) mass is 250 g/mol. The van der Waals surface area contributed by atoms with Crippen molar-refractivity contribution < 1.29 is 9.90 Å². The summed E-state index contributed by atoms with van der Waals surface area (Å²) in [6.45, 7) is 1.67. The zero-order valence-electron chi connectivity index (χ0n) is 11.0. The minimum absolute atomic E-state index is 0.181. The number of aliphatic hydroxyl groups is 1. The summed E-state index contributed by atoms with van der Waals surface area (Å²) in [7, 11) is 1.92. The van der Waals surface area contributed by atoms with Gasteiger partial charge in [-0.1, -0.05) is 6.42 Å². The molecule has 4 nitrogen and oxygen atoms in total. The maximum atomic E-state index is 12.2. The molecule has 1 aromatic heterocycles. The highest BCUT2D eigenvalue weighted by atomic mass is 16.3. The Balaban J connectivity index is 1.96. The number of aryl methyl sites for hydroxylation is 1. The van der Waals surface area contributed by atoms with Crippen LogP contribution in [0.2, 0.25) is 0 Å². The molecule has 0 aromatic carbocycles. The summed E-state index contributed by atoms with van der Waals surface area (Å²) in [6, 6.07) is 2.24. The van der Waals surface area contributed by atoms with Crippen molar-refractivity contribution in [3.8, 4) is 0 Å². The van der Waals surface area contributed by atoms with Crippen molar-refractivity contribution in [2.45, 2.75) is 31.7 Å². The highest BCUT2D eigenvalue weighted by molar-refractivity contribution is 5.97. The fourth-order valence-corrected chi connectivity index (χ4v) is 2.69. The highest BCUT2D eigenvalue weighted by Crippen LogP contribution is 2.19. The normalized spacial score (nSPS) is 21.1. The number of Topliss-reactive ketones (excluding diaryl/α,β-unsaturated/α-hetero) is 1. The van der Waals surface area contributed by atoms with Gasteiger partial charge in [0.2, 0.25) is 0 Å². The van der Waals surface area contributed by atoms with E-state index >= 15 is 0 Å². The van der Waals surface area contributed by atoms with Gasteiger partial charge in [0.1, 0.15) is 0 Å². The van der Waals surface area contributed by atoms with Crippen molar-refractivity contribution in [2.24, 2.45) is 7.05 Å². The molecule has 1 aliphatic rings. The van der Waals surface area contributed by atoms with E-state index in [0.29, 0.717) is 12.6 Å². The zero-order chi connectivity index (χ0) is 13.0.